The monoisotopic (exact) mass is 313 g/mol. The first-order valence-corrected chi connectivity index (χ1v) is 8.76. The van der Waals surface area contributed by atoms with Gasteiger partial charge < -0.3 is 15.0 Å². The number of nitrogens with zero attached hydrogens (tertiary/aromatic N) is 2. The molecule has 0 spiro atoms. The Morgan fingerprint density at radius 1 is 1.29 bits per heavy atom. The van der Waals surface area contributed by atoms with Crippen molar-refractivity contribution in [3.05, 3.63) is 10.6 Å². The maximum absolute atomic E-state index is 5.31. The number of hydrogen-bond acceptors (Lipinski definition) is 5. The Kier molecular flexibility index (Phi) is 8.22. The third-order valence-electron chi connectivity index (χ3n) is 3.19. The third-order valence-corrected chi connectivity index (χ3v) is 4.33. The maximum atomic E-state index is 5.31. The zero-order valence-corrected chi connectivity index (χ0v) is 15.2. The first kappa shape index (κ1) is 18.4. The predicted molar refractivity (Wildman–Crippen MR) is 92.1 cm³/mol. The predicted octanol–water partition coefficient (Wildman–Crippen LogP) is 3.66. The van der Waals surface area contributed by atoms with Gasteiger partial charge >= 0.3 is 0 Å². The summed E-state index contributed by atoms with van der Waals surface area (Å²) in [5, 5.41) is 4.59. The molecule has 0 aromatic carbocycles. The lowest BCUT2D eigenvalue weighted by Gasteiger charge is -2.27. The van der Waals surface area contributed by atoms with Crippen molar-refractivity contribution < 1.29 is 4.74 Å². The highest BCUT2D eigenvalue weighted by atomic mass is 32.1. The summed E-state index contributed by atoms with van der Waals surface area (Å²) in [5.41, 5.74) is 1.08. The van der Waals surface area contributed by atoms with Crippen molar-refractivity contribution >= 4 is 16.5 Å². The molecule has 0 aliphatic rings. The van der Waals surface area contributed by atoms with Gasteiger partial charge in [-0.3, -0.25) is 0 Å². The second kappa shape index (κ2) is 9.38. The molecule has 1 aromatic rings. The van der Waals surface area contributed by atoms with Gasteiger partial charge in [0, 0.05) is 31.1 Å². The molecule has 0 aliphatic heterocycles. The zero-order valence-electron chi connectivity index (χ0n) is 14.4. The van der Waals surface area contributed by atoms with Crippen LogP contribution in [0, 0.1) is 5.92 Å². The minimum absolute atomic E-state index is 0.463. The Labute approximate surface area is 133 Å². The highest BCUT2D eigenvalue weighted by molar-refractivity contribution is 7.15. The number of anilines is 1. The minimum Gasteiger partial charge on any atom is -0.378 e. The second-order valence-corrected chi connectivity index (χ2v) is 7.18. The molecule has 0 atom stereocenters. The van der Waals surface area contributed by atoms with Crippen LogP contribution in [0.25, 0.3) is 0 Å². The van der Waals surface area contributed by atoms with Crippen molar-refractivity contribution in [3.8, 4) is 0 Å². The van der Waals surface area contributed by atoms with Crippen LogP contribution in [0.4, 0.5) is 5.13 Å². The van der Waals surface area contributed by atoms with Gasteiger partial charge in [0.15, 0.2) is 5.13 Å². The van der Waals surface area contributed by atoms with Gasteiger partial charge in [-0.15, -0.1) is 11.3 Å². The zero-order chi connectivity index (χ0) is 15.8. The molecule has 5 heteroatoms. The molecule has 0 saturated heterocycles. The van der Waals surface area contributed by atoms with Gasteiger partial charge in [0.1, 0.15) is 0 Å². The van der Waals surface area contributed by atoms with Crippen LogP contribution < -0.4 is 10.2 Å². The quantitative estimate of drug-likeness (QED) is 0.669. The van der Waals surface area contributed by atoms with Crippen molar-refractivity contribution in [1.29, 1.82) is 0 Å². The smallest absolute Gasteiger partial charge is 0.186 e. The largest absolute Gasteiger partial charge is 0.378 e. The van der Waals surface area contributed by atoms with E-state index in [4.69, 9.17) is 9.72 Å². The second-order valence-electron chi connectivity index (χ2n) is 6.12. The lowest BCUT2D eigenvalue weighted by molar-refractivity contribution is 0.181. The molecule has 0 aliphatic carbocycles. The molecular weight excluding hydrogens is 282 g/mol. The van der Waals surface area contributed by atoms with E-state index in [1.165, 1.54) is 4.88 Å². The van der Waals surface area contributed by atoms with E-state index in [9.17, 15) is 0 Å². The van der Waals surface area contributed by atoms with Crippen LogP contribution >= 0.6 is 11.3 Å². The van der Waals surface area contributed by atoms with E-state index in [2.05, 4.69) is 44.8 Å². The highest BCUT2D eigenvalue weighted by Gasteiger charge is 2.19. The van der Waals surface area contributed by atoms with Gasteiger partial charge in [-0.1, -0.05) is 20.8 Å². The van der Waals surface area contributed by atoms with E-state index in [-0.39, 0.29) is 0 Å². The minimum atomic E-state index is 0.463. The van der Waals surface area contributed by atoms with E-state index < -0.39 is 0 Å². The number of methoxy groups -OCH3 is 1. The summed E-state index contributed by atoms with van der Waals surface area (Å²) < 4.78 is 5.31. The molecule has 21 heavy (non-hydrogen) atoms. The van der Waals surface area contributed by atoms with Crippen LogP contribution in [0.3, 0.4) is 0 Å². The molecule has 0 radical (unpaired) electrons. The Balaban J connectivity index is 2.91. The van der Waals surface area contributed by atoms with E-state index in [0.717, 1.165) is 36.9 Å². The maximum Gasteiger partial charge on any atom is 0.186 e. The molecule has 0 amide bonds. The summed E-state index contributed by atoms with van der Waals surface area (Å²) in [6.07, 6.45) is 1.15. The first-order chi connectivity index (χ1) is 9.99. The first-order valence-electron chi connectivity index (χ1n) is 7.94. The van der Waals surface area contributed by atoms with Gasteiger partial charge in [-0.25, -0.2) is 4.98 Å². The van der Waals surface area contributed by atoms with Gasteiger partial charge in [0.05, 0.1) is 12.3 Å². The van der Waals surface area contributed by atoms with Gasteiger partial charge in [-0.2, -0.15) is 0 Å². The molecule has 0 fully saturated rings. The fourth-order valence-corrected chi connectivity index (χ4v) is 3.34. The molecule has 1 N–H and O–H groups in total. The van der Waals surface area contributed by atoms with Crippen LogP contribution in [-0.2, 0) is 17.9 Å². The third kappa shape index (κ3) is 5.93. The number of nitrogens with one attached hydrogen (secondary N) is 1. The topological polar surface area (TPSA) is 37.4 Å². The van der Waals surface area contributed by atoms with Crippen molar-refractivity contribution in [3.63, 3.8) is 0 Å². The molecular formula is C16H31N3OS. The molecule has 1 rings (SSSR count). The summed E-state index contributed by atoms with van der Waals surface area (Å²) in [5.74, 6) is 0.629. The number of aromatic nitrogens is 1. The van der Waals surface area contributed by atoms with Crippen molar-refractivity contribution in [2.45, 2.75) is 60.2 Å². The summed E-state index contributed by atoms with van der Waals surface area (Å²) >= 11 is 1.80. The molecule has 4 nitrogen and oxygen atoms in total. The number of ether oxygens (including phenoxy) is 1. The molecule has 0 saturated carbocycles. The van der Waals surface area contributed by atoms with Crippen LogP contribution in [0.15, 0.2) is 0 Å². The Bertz CT molecular complexity index is 404. The van der Waals surface area contributed by atoms with Crippen LogP contribution in [0.2, 0.25) is 0 Å². The number of thiazole rings is 1. The van der Waals surface area contributed by atoms with E-state index in [1.807, 2.05) is 0 Å². The Hall–Kier alpha value is -0.650. The fraction of sp³-hybridized carbons (Fsp3) is 0.812. The molecule has 122 valence electrons. The van der Waals surface area contributed by atoms with E-state index in [1.54, 1.807) is 18.4 Å². The van der Waals surface area contributed by atoms with Gasteiger partial charge in [-0.05, 0) is 32.7 Å². The molecule has 1 heterocycles. The summed E-state index contributed by atoms with van der Waals surface area (Å²) in [6, 6.07) is 0.463. The Morgan fingerprint density at radius 3 is 2.52 bits per heavy atom. The number of rotatable bonds is 10. The SMILES string of the molecule is CCCNCc1sc(N(CC(C)C)C(C)C)nc1COC. The number of hydrogen-bond donors (Lipinski definition) is 1. The normalized spacial score (nSPS) is 11.6. The fourth-order valence-electron chi connectivity index (χ4n) is 2.16. The van der Waals surface area contributed by atoms with Crippen molar-refractivity contribution in [2.24, 2.45) is 5.92 Å². The molecule has 0 unspecified atom stereocenters. The van der Waals surface area contributed by atoms with Crippen LogP contribution in [0.1, 0.15) is 51.6 Å². The van der Waals surface area contributed by atoms with Crippen molar-refractivity contribution in [1.82, 2.24) is 10.3 Å². The summed E-state index contributed by atoms with van der Waals surface area (Å²) in [7, 11) is 1.73. The molecule has 0 bridgehead atoms. The van der Waals surface area contributed by atoms with E-state index in [0.29, 0.717) is 18.6 Å². The summed E-state index contributed by atoms with van der Waals surface area (Å²) in [6.45, 7) is 14.7. The highest BCUT2D eigenvalue weighted by Crippen LogP contribution is 2.29. The average Bonchev–Trinajstić information content (AvgIpc) is 2.79. The lowest BCUT2D eigenvalue weighted by atomic mass is 10.2. The Morgan fingerprint density at radius 2 is 2.00 bits per heavy atom. The van der Waals surface area contributed by atoms with E-state index >= 15 is 0 Å². The van der Waals surface area contributed by atoms with Gasteiger partial charge in [0.2, 0.25) is 0 Å². The average molecular weight is 314 g/mol. The van der Waals surface area contributed by atoms with Gasteiger partial charge in [0.25, 0.3) is 0 Å². The van der Waals surface area contributed by atoms with Crippen LogP contribution in [0.5, 0.6) is 0 Å². The van der Waals surface area contributed by atoms with Crippen molar-refractivity contribution in [2.75, 3.05) is 25.1 Å². The standard InChI is InChI=1S/C16H31N3OS/c1-7-8-17-9-15-14(11-20-6)18-16(21-15)19(13(4)5)10-12(2)3/h12-13,17H,7-11H2,1-6H3. The lowest BCUT2D eigenvalue weighted by Crippen LogP contribution is -2.34. The molecule has 1 aromatic heterocycles. The summed E-state index contributed by atoms with van der Waals surface area (Å²) in [4.78, 5) is 8.53. The van der Waals surface area contributed by atoms with Crippen LogP contribution in [-0.4, -0.2) is 31.2 Å².